The summed E-state index contributed by atoms with van der Waals surface area (Å²) >= 11 is 1.85. The summed E-state index contributed by atoms with van der Waals surface area (Å²) in [6, 6.07) is 0.224. The number of nitrogens with zero attached hydrogens (tertiary/aromatic N) is 4. The molecule has 25 nitrogen and oxygen atoms in total. The molecule has 0 aliphatic carbocycles. The van der Waals surface area contributed by atoms with Gasteiger partial charge in [0.15, 0.2) is 18.2 Å². The minimum absolute atomic E-state index is 0.0235. The van der Waals surface area contributed by atoms with Crippen LogP contribution in [0, 0.1) is 11.8 Å². The Morgan fingerprint density at radius 2 is 1.70 bits per heavy atom. The lowest BCUT2D eigenvalue weighted by Crippen LogP contribution is -2.36. The van der Waals surface area contributed by atoms with Gasteiger partial charge in [0, 0.05) is 30.4 Å². The molecule has 0 aromatic carbocycles. The van der Waals surface area contributed by atoms with Crippen LogP contribution in [0.3, 0.4) is 0 Å². The molecule has 3 saturated heterocycles. The van der Waals surface area contributed by atoms with Crippen molar-refractivity contribution in [3.63, 3.8) is 0 Å². The van der Waals surface area contributed by atoms with Crippen molar-refractivity contribution in [3.8, 4) is 11.8 Å². The number of aliphatic hydroxyl groups excluding tert-OH is 2. The number of thioether (sulfide) groups is 1. The van der Waals surface area contributed by atoms with Crippen LogP contribution in [-0.2, 0) is 41.2 Å². The molecule has 57 heavy (non-hydrogen) atoms. The average Bonchev–Trinajstić information content (AvgIpc) is 3.84. The quantitative estimate of drug-likeness (QED) is 0.0356. The minimum atomic E-state index is -5.89. The summed E-state index contributed by atoms with van der Waals surface area (Å²) in [6.45, 7) is 0.391. The molecule has 0 radical (unpaired) electrons. The number of aromatic nitrogens is 4. The first-order valence-electron chi connectivity index (χ1n) is 17.4. The average molecular weight is 886 g/mol. The zero-order valence-electron chi connectivity index (χ0n) is 29.8. The maximum absolute atomic E-state index is 12.4. The predicted octanol–water partition coefficient (Wildman–Crippen LogP) is -0.801. The second-order valence-electron chi connectivity index (χ2n) is 12.9. The van der Waals surface area contributed by atoms with Gasteiger partial charge in [0.1, 0.15) is 30.0 Å². The Kier molecular flexibility index (Phi) is 15.1. The van der Waals surface area contributed by atoms with E-state index in [-0.39, 0.29) is 65.4 Å². The number of urea groups is 1. The lowest BCUT2D eigenvalue weighted by Gasteiger charge is -2.20. The number of amides is 4. The number of nitrogens with two attached hydrogens (primary N) is 1. The number of anilines is 1. The highest BCUT2D eigenvalue weighted by atomic mass is 32.2. The lowest BCUT2D eigenvalue weighted by molar-refractivity contribution is -0.136. The van der Waals surface area contributed by atoms with Gasteiger partial charge < -0.3 is 61.5 Å². The molecule has 3 aliphatic heterocycles. The summed E-state index contributed by atoms with van der Waals surface area (Å²) in [7, 11) is -17.3. The summed E-state index contributed by atoms with van der Waals surface area (Å²) in [6.07, 6.45) is -1.80. The molecule has 0 spiro atoms. The molecule has 4 amide bonds. The molecule has 9 atom stereocenters. The van der Waals surface area contributed by atoms with Gasteiger partial charge in [0.2, 0.25) is 11.8 Å². The summed E-state index contributed by atoms with van der Waals surface area (Å²) in [4.78, 5) is 80.6. The SMILES string of the molecule is Nc1ncnc2c1c(C#CCNC(=O)CCCCCNC(=O)CCCCC1SCC3NC(=O)NC31)nn2C1OC(OP(=O)(O)OP(=O)(O)OP(=O)(O)O)C(O)C1O. The summed E-state index contributed by atoms with van der Waals surface area (Å²) in [5, 5.41) is 37.2. The van der Waals surface area contributed by atoms with Crippen molar-refractivity contribution in [1.29, 1.82) is 0 Å². The molecule has 29 heteroatoms. The monoisotopic (exact) mass is 885 g/mol. The zero-order chi connectivity index (χ0) is 41.5. The maximum atomic E-state index is 12.4. The molecule has 5 heterocycles. The first kappa shape index (κ1) is 44.9. The number of phosphoric ester groups is 1. The number of carbonyl (C=O) groups is 3. The fourth-order valence-corrected chi connectivity index (χ4v) is 10.8. The Morgan fingerprint density at radius 1 is 0.982 bits per heavy atom. The van der Waals surface area contributed by atoms with Gasteiger partial charge in [-0.2, -0.15) is 25.5 Å². The number of nitrogen functional groups attached to an aromatic ring is 1. The van der Waals surface area contributed by atoms with Crippen LogP contribution in [0.1, 0.15) is 63.3 Å². The second-order valence-corrected chi connectivity index (χ2v) is 18.6. The minimum Gasteiger partial charge on any atom is -0.385 e. The van der Waals surface area contributed by atoms with Crippen molar-refractivity contribution in [3.05, 3.63) is 12.0 Å². The molecule has 0 bridgehead atoms. The number of phosphoric acid groups is 3. The van der Waals surface area contributed by atoms with Gasteiger partial charge in [-0.3, -0.25) is 14.1 Å². The highest BCUT2D eigenvalue weighted by molar-refractivity contribution is 8.00. The largest absolute Gasteiger partial charge is 0.490 e. The van der Waals surface area contributed by atoms with E-state index in [9.17, 15) is 48.1 Å². The molecule has 3 fully saturated rings. The first-order chi connectivity index (χ1) is 26.8. The smallest absolute Gasteiger partial charge is 0.385 e. The van der Waals surface area contributed by atoms with E-state index < -0.39 is 48.2 Å². The molecule has 5 rings (SSSR count). The number of aliphatic hydroxyl groups is 2. The third-order valence-corrected chi connectivity index (χ3v) is 14.0. The van der Waals surface area contributed by atoms with E-state index in [2.05, 4.69) is 61.3 Å². The molecule has 12 N–H and O–H groups in total. The number of carbonyl (C=O) groups excluding carboxylic acids is 3. The number of rotatable bonds is 19. The van der Waals surface area contributed by atoms with Crippen LogP contribution in [0.25, 0.3) is 11.0 Å². The Bertz CT molecular complexity index is 2010. The van der Waals surface area contributed by atoms with Crippen molar-refractivity contribution >= 4 is 69.9 Å². The van der Waals surface area contributed by atoms with Crippen molar-refractivity contribution < 1.29 is 75.7 Å². The number of ether oxygens (including phenoxy) is 1. The van der Waals surface area contributed by atoms with Gasteiger partial charge in [0.05, 0.1) is 24.0 Å². The van der Waals surface area contributed by atoms with Gasteiger partial charge in [-0.05, 0) is 31.6 Å². The summed E-state index contributed by atoms with van der Waals surface area (Å²) in [5.41, 5.74) is 5.87. The highest BCUT2D eigenvalue weighted by Gasteiger charge is 2.51. The molecule has 0 saturated carbocycles. The Morgan fingerprint density at radius 3 is 2.44 bits per heavy atom. The van der Waals surface area contributed by atoms with Crippen LogP contribution in [0.5, 0.6) is 0 Å². The molecular formula is C28H42N9O16P3S. The highest BCUT2D eigenvalue weighted by Crippen LogP contribution is 2.67. The standard InChI is InChI=1S/C28H42N9O16P3S/c29-24-20-15(7-6-12-31-18(38)9-2-1-5-11-30-19(39)10-4-3-8-17-21-16(13-57-17)34-28(42)35-21)36-37(25(20)33-14-32-24)26-22(40)23(41)27(50-26)51-55(46,47)53-56(48,49)52-54(43,44)45/h14,16-17,21-23,26-27,40-41H,1-5,8-13H2,(H,30,39)(H,31,38)(H,46,47)(H,48,49)(H2,29,32,33)(H2,34,35,42)(H2,43,44,45). The number of nitrogens with one attached hydrogen (secondary N) is 4. The second kappa shape index (κ2) is 19.2. The molecule has 2 aromatic rings. The van der Waals surface area contributed by atoms with Crippen LogP contribution < -0.4 is 27.0 Å². The van der Waals surface area contributed by atoms with Crippen molar-refractivity contribution in [2.45, 2.75) is 93.4 Å². The van der Waals surface area contributed by atoms with Gasteiger partial charge in [-0.25, -0.2) is 33.1 Å². The van der Waals surface area contributed by atoms with Gasteiger partial charge >= 0.3 is 29.5 Å². The zero-order valence-corrected chi connectivity index (χ0v) is 33.3. The Hall–Kier alpha value is -3.24. The van der Waals surface area contributed by atoms with E-state index in [0.29, 0.717) is 37.5 Å². The van der Waals surface area contributed by atoms with Crippen molar-refractivity contribution in [2.75, 3.05) is 24.6 Å². The maximum Gasteiger partial charge on any atom is 0.490 e. The van der Waals surface area contributed by atoms with Crippen LogP contribution in [0.2, 0.25) is 0 Å². The van der Waals surface area contributed by atoms with Crippen LogP contribution >= 0.6 is 35.2 Å². The van der Waals surface area contributed by atoms with Crippen LogP contribution in [0.15, 0.2) is 6.33 Å². The molecule has 2 aromatic heterocycles. The third kappa shape index (κ3) is 12.6. The number of hydrogen-bond acceptors (Lipinski definition) is 17. The van der Waals surface area contributed by atoms with Gasteiger partial charge in [-0.1, -0.05) is 18.8 Å². The van der Waals surface area contributed by atoms with Crippen molar-refractivity contribution in [1.82, 2.24) is 41.0 Å². The summed E-state index contributed by atoms with van der Waals surface area (Å²) in [5.74, 6) is 5.90. The predicted molar refractivity (Wildman–Crippen MR) is 196 cm³/mol. The van der Waals surface area contributed by atoms with Crippen LogP contribution in [-0.4, -0.2) is 122 Å². The Labute approximate surface area is 328 Å². The third-order valence-electron chi connectivity index (χ3n) is 8.67. The van der Waals surface area contributed by atoms with E-state index in [4.69, 9.17) is 20.3 Å². The van der Waals surface area contributed by atoms with E-state index >= 15 is 0 Å². The normalized spacial score (nSPS) is 26.4. The fraction of sp³-hybridized carbons (Fsp3) is 0.643. The molecule has 316 valence electrons. The van der Waals surface area contributed by atoms with Gasteiger partial charge in [-0.15, -0.1) is 0 Å². The van der Waals surface area contributed by atoms with E-state index in [1.165, 1.54) is 0 Å². The number of hydrogen-bond donors (Lipinski definition) is 11. The Balaban J connectivity index is 1.03. The fourth-order valence-electron chi connectivity index (χ4n) is 6.14. The summed E-state index contributed by atoms with van der Waals surface area (Å²) < 4.78 is 52.8. The number of unbranched alkanes of at least 4 members (excludes halogenated alkanes) is 3. The van der Waals surface area contributed by atoms with Crippen LogP contribution in [0.4, 0.5) is 10.6 Å². The van der Waals surface area contributed by atoms with E-state index in [1.54, 1.807) is 0 Å². The van der Waals surface area contributed by atoms with E-state index in [0.717, 1.165) is 36.0 Å². The molecule has 3 aliphatic rings. The van der Waals surface area contributed by atoms with Crippen molar-refractivity contribution in [2.24, 2.45) is 0 Å². The van der Waals surface area contributed by atoms with E-state index in [1.807, 2.05) is 11.8 Å². The molecule has 9 unspecified atom stereocenters. The lowest BCUT2D eigenvalue weighted by atomic mass is 10.0. The first-order valence-corrected chi connectivity index (χ1v) is 22.9. The van der Waals surface area contributed by atoms with Gasteiger partial charge in [0.25, 0.3) is 0 Å². The topological polar surface area (TPSA) is 378 Å². The molecular weight excluding hydrogens is 843 g/mol. The number of fused-ring (bicyclic) bond motifs is 2.